The Labute approximate surface area is 165 Å². The Balaban J connectivity index is 1.75. The van der Waals surface area contributed by atoms with Gasteiger partial charge < -0.3 is 19.7 Å². The fourth-order valence-electron chi connectivity index (χ4n) is 2.89. The van der Waals surface area contributed by atoms with Gasteiger partial charge >= 0.3 is 0 Å². The third kappa shape index (κ3) is 4.44. The maximum absolute atomic E-state index is 12.7. The molecule has 2 amide bonds. The zero-order valence-corrected chi connectivity index (χ0v) is 16.7. The molecule has 0 aliphatic carbocycles. The maximum atomic E-state index is 12.7. The molecule has 0 spiro atoms. The van der Waals surface area contributed by atoms with Crippen molar-refractivity contribution in [2.24, 2.45) is 5.92 Å². The molecule has 2 aromatic rings. The lowest BCUT2D eigenvalue weighted by molar-refractivity contribution is -0.125. The van der Waals surface area contributed by atoms with Gasteiger partial charge in [0.15, 0.2) is 6.10 Å². The van der Waals surface area contributed by atoms with Crippen LogP contribution < -0.4 is 19.7 Å². The zero-order chi connectivity index (χ0) is 20.3. The Bertz CT molecular complexity index is 861. The number of amides is 2. The van der Waals surface area contributed by atoms with E-state index >= 15 is 0 Å². The molecule has 0 saturated heterocycles. The van der Waals surface area contributed by atoms with Crippen molar-refractivity contribution < 1.29 is 19.1 Å². The van der Waals surface area contributed by atoms with E-state index in [0.29, 0.717) is 30.3 Å². The second-order valence-corrected chi connectivity index (χ2v) is 7.24. The van der Waals surface area contributed by atoms with Crippen molar-refractivity contribution in [3.63, 3.8) is 0 Å². The molecule has 0 aromatic heterocycles. The molecule has 1 aliphatic rings. The number of carbonyl (C=O) groups excluding carboxylic acids is 2. The Hall–Kier alpha value is -3.02. The van der Waals surface area contributed by atoms with Crippen molar-refractivity contribution in [1.82, 2.24) is 0 Å². The number of hydrogen-bond donors (Lipinski definition) is 1. The number of carbonyl (C=O) groups is 2. The summed E-state index contributed by atoms with van der Waals surface area (Å²) in [4.78, 5) is 26.3. The number of anilines is 2. The van der Waals surface area contributed by atoms with Crippen molar-refractivity contribution in [1.29, 1.82) is 0 Å². The monoisotopic (exact) mass is 382 g/mol. The van der Waals surface area contributed by atoms with E-state index in [1.807, 2.05) is 45.0 Å². The highest BCUT2D eigenvalue weighted by atomic mass is 16.5. The molecular weight excluding hydrogens is 356 g/mol. The summed E-state index contributed by atoms with van der Waals surface area (Å²) >= 11 is 0. The lowest BCUT2D eigenvalue weighted by atomic mass is 10.1. The molecule has 0 radical (unpaired) electrons. The zero-order valence-electron chi connectivity index (χ0n) is 16.7. The molecule has 2 aromatic carbocycles. The smallest absolute Gasteiger partial charge is 0.267 e. The first kappa shape index (κ1) is 19.7. The summed E-state index contributed by atoms with van der Waals surface area (Å²) < 4.78 is 11.5. The van der Waals surface area contributed by atoms with Gasteiger partial charge in [-0.25, -0.2) is 0 Å². The number of nitrogens with one attached hydrogen (secondary N) is 1. The number of aryl methyl sites for hydroxylation is 1. The van der Waals surface area contributed by atoms with Crippen LogP contribution in [0.1, 0.15) is 26.3 Å². The van der Waals surface area contributed by atoms with Crippen LogP contribution in [0.25, 0.3) is 0 Å². The van der Waals surface area contributed by atoms with Gasteiger partial charge in [0.25, 0.3) is 5.91 Å². The van der Waals surface area contributed by atoms with Gasteiger partial charge in [0.2, 0.25) is 5.91 Å². The van der Waals surface area contributed by atoms with E-state index in [0.717, 1.165) is 11.3 Å². The minimum atomic E-state index is -0.567. The molecule has 6 heteroatoms. The van der Waals surface area contributed by atoms with Crippen LogP contribution in [-0.4, -0.2) is 31.1 Å². The molecule has 0 saturated carbocycles. The topological polar surface area (TPSA) is 67.9 Å². The molecule has 1 heterocycles. The van der Waals surface area contributed by atoms with Gasteiger partial charge in [0.05, 0.1) is 12.2 Å². The van der Waals surface area contributed by atoms with E-state index < -0.39 is 6.10 Å². The van der Waals surface area contributed by atoms with Gasteiger partial charge in [0.1, 0.15) is 18.1 Å². The van der Waals surface area contributed by atoms with E-state index in [1.165, 1.54) is 0 Å². The van der Waals surface area contributed by atoms with E-state index in [2.05, 4.69) is 5.32 Å². The summed E-state index contributed by atoms with van der Waals surface area (Å²) in [6.07, 6.45) is -0.567. The Kier molecular flexibility index (Phi) is 5.87. The fourth-order valence-corrected chi connectivity index (χ4v) is 2.89. The molecule has 6 nitrogen and oxygen atoms in total. The van der Waals surface area contributed by atoms with Crippen molar-refractivity contribution >= 4 is 23.2 Å². The number of benzene rings is 2. The van der Waals surface area contributed by atoms with Crippen molar-refractivity contribution in [3.05, 3.63) is 48.0 Å². The normalized spacial score (nSPS) is 15.8. The van der Waals surface area contributed by atoms with Crippen molar-refractivity contribution in [2.75, 3.05) is 23.4 Å². The van der Waals surface area contributed by atoms with E-state index in [4.69, 9.17) is 9.47 Å². The standard InChI is InChI=1S/C22H26N2O4/c1-14(2)21(25)23-17-7-10-20-19(13-17)24(22(26)16(4)28-20)11-12-27-18-8-5-15(3)6-9-18/h5-10,13-14,16H,11-12H2,1-4H3,(H,23,25). The lowest BCUT2D eigenvalue weighted by Crippen LogP contribution is -2.46. The molecule has 1 N–H and O–H groups in total. The van der Waals surface area contributed by atoms with Crippen LogP contribution in [0.5, 0.6) is 11.5 Å². The molecule has 1 unspecified atom stereocenters. The first-order chi connectivity index (χ1) is 13.3. The van der Waals surface area contributed by atoms with Crippen LogP contribution in [0.3, 0.4) is 0 Å². The maximum Gasteiger partial charge on any atom is 0.267 e. The summed E-state index contributed by atoms with van der Waals surface area (Å²) in [5.41, 5.74) is 2.43. The average molecular weight is 382 g/mol. The van der Waals surface area contributed by atoms with Crippen LogP contribution in [0.4, 0.5) is 11.4 Å². The van der Waals surface area contributed by atoms with E-state index in [9.17, 15) is 9.59 Å². The Morgan fingerprint density at radius 3 is 2.61 bits per heavy atom. The van der Waals surface area contributed by atoms with Crippen LogP contribution in [-0.2, 0) is 9.59 Å². The first-order valence-corrected chi connectivity index (χ1v) is 9.47. The summed E-state index contributed by atoms with van der Waals surface area (Å²) in [5, 5.41) is 2.86. The van der Waals surface area contributed by atoms with E-state index in [-0.39, 0.29) is 17.7 Å². The largest absolute Gasteiger partial charge is 0.492 e. The van der Waals surface area contributed by atoms with Gasteiger partial charge in [-0.2, -0.15) is 0 Å². The third-order valence-corrected chi connectivity index (χ3v) is 4.56. The second-order valence-electron chi connectivity index (χ2n) is 7.24. The van der Waals surface area contributed by atoms with Gasteiger partial charge in [-0.05, 0) is 44.2 Å². The summed E-state index contributed by atoms with van der Waals surface area (Å²) in [6, 6.07) is 13.1. The number of hydrogen-bond acceptors (Lipinski definition) is 4. The predicted molar refractivity (Wildman–Crippen MR) is 109 cm³/mol. The number of ether oxygens (including phenoxy) is 2. The molecule has 3 rings (SSSR count). The second kappa shape index (κ2) is 8.33. The number of fused-ring (bicyclic) bond motifs is 1. The van der Waals surface area contributed by atoms with Crippen LogP contribution in [0.15, 0.2) is 42.5 Å². The molecular formula is C22H26N2O4. The summed E-state index contributed by atoms with van der Waals surface area (Å²) in [6.45, 7) is 8.14. The fraction of sp³-hybridized carbons (Fsp3) is 0.364. The molecule has 1 aliphatic heterocycles. The van der Waals surface area contributed by atoms with Gasteiger partial charge in [-0.3, -0.25) is 9.59 Å². The van der Waals surface area contributed by atoms with Crippen LogP contribution in [0.2, 0.25) is 0 Å². The van der Waals surface area contributed by atoms with Crippen molar-refractivity contribution in [3.8, 4) is 11.5 Å². The quantitative estimate of drug-likeness (QED) is 0.826. The van der Waals surface area contributed by atoms with Gasteiger partial charge in [0, 0.05) is 11.6 Å². The Morgan fingerprint density at radius 1 is 1.21 bits per heavy atom. The summed E-state index contributed by atoms with van der Waals surface area (Å²) in [5.74, 6) is 1.04. The van der Waals surface area contributed by atoms with Gasteiger partial charge in [-0.1, -0.05) is 31.5 Å². The van der Waals surface area contributed by atoms with E-state index in [1.54, 1.807) is 30.0 Å². The molecule has 1 atom stereocenters. The minimum Gasteiger partial charge on any atom is -0.492 e. The third-order valence-electron chi connectivity index (χ3n) is 4.56. The SMILES string of the molecule is Cc1ccc(OCCN2C(=O)C(C)Oc3ccc(NC(=O)C(C)C)cc32)cc1. The van der Waals surface area contributed by atoms with Crippen molar-refractivity contribution in [2.45, 2.75) is 33.8 Å². The highest BCUT2D eigenvalue weighted by molar-refractivity contribution is 6.01. The summed E-state index contributed by atoms with van der Waals surface area (Å²) in [7, 11) is 0. The Morgan fingerprint density at radius 2 is 1.93 bits per heavy atom. The van der Waals surface area contributed by atoms with Gasteiger partial charge in [-0.15, -0.1) is 0 Å². The van der Waals surface area contributed by atoms with Crippen LogP contribution >= 0.6 is 0 Å². The highest BCUT2D eigenvalue weighted by Crippen LogP contribution is 2.36. The molecule has 0 bridgehead atoms. The molecule has 28 heavy (non-hydrogen) atoms. The number of nitrogens with zero attached hydrogens (tertiary/aromatic N) is 1. The minimum absolute atomic E-state index is 0.0781. The predicted octanol–water partition coefficient (Wildman–Crippen LogP) is 3.78. The first-order valence-electron chi connectivity index (χ1n) is 9.47. The molecule has 0 fully saturated rings. The average Bonchev–Trinajstić information content (AvgIpc) is 2.66. The van der Waals surface area contributed by atoms with Crippen LogP contribution in [0, 0.1) is 12.8 Å². The highest BCUT2D eigenvalue weighted by Gasteiger charge is 2.31. The lowest BCUT2D eigenvalue weighted by Gasteiger charge is -2.33. The number of rotatable bonds is 6. The molecule has 148 valence electrons.